The van der Waals surface area contributed by atoms with Gasteiger partial charge >= 0.3 is 0 Å². The van der Waals surface area contributed by atoms with Crippen molar-refractivity contribution in [2.24, 2.45) is 0 Å². The van der Waals surface area contributed by atoms with Gasteiger partial charge in [0.05, 0.1) is 10.7 Å². The number of benzene rings is 1. The molecule has 0 atom stereocenters. The van der Waals surface area contributed by atoms with Crippen LogP contribution in [0.1, 0.15) is 24.8 Å². The molecule has 0 fully saturated rings. The first-order valence-corrected chi connectivity index (χ1v) is 5.93. The van der Waals surface area contributed by atoms with E-state index in [1.807, 2.05) is 19.1 Å². The Kier molecular flexibility index (Phi) is 5.43. The minimum atomic E-state index is 0.271. The van der Waals surface area contributed by atoms with E-state index in [1.165, 1.54) is 0 Å². The highest BCUT2D eigenvalue weighted by Crippen LogP contribution is 2.26. The lowest BCUT2D eigenvalue weighted by Gasteiger charge is -2.11. The van der Waals surface area contributed by atoms with Crippen molar-refractivity contribution in [2.75, 3.05) is 24.2 Å². The van der Waals surface area contributed by atoms with Gasteiger partial charge in [0.2, 0.25) is 0 Å². The van der Waals surface area contributed by atoms with Crippen LogP contribution in [-0.4, -0.2) is 18.3 Å². The van der Waals surface area contributed by atoms with Crippen LogP contribution in [0.3, 0.4) is 0 Å². The first-order chi connectivity index (χ1) is 7.65. The molecule has 0 unspecified atom stereocenters. The Bertz CT molecular complexity index is 342. The summed E-state index contributed by atoms with van der Waals surface area (Å²) in [5.74, 6) is 0. The van der Waals surface area contributed by atoms with Crippen molar-refractivity contribution in [1.82, 2.24) is 0 Å². The van der Waals surface area contributed by atoms with E-state index in [9.17, 15) is 0 Å². The van der Waals surface area contributed by atoms with Gasteiger partial charge in [-0.2, -0.15) is 0 Å². The summed E-state index contributed by atoms with van der Waals surface area (Å²) in [4.78, 5) is 0. The summed E-state index contributed by atoms with van der Waals surface area (Å²) in [5, 5.41) is 12.5. The number of hydrogen-bond acceptors (Lipinski definition) is 3. The lowest BCUT2D eigenvalue weighted by atomic mass is 10.1. The molecule has 90 valence electrons. The lowest BCUT2D eigenvalue weighted by molar-refractivity contribution is 0.283. The number of nitrogens with two attached hydrogens (primary N) is 1. The van der Waals surface area contributed by atoms with Crippen LogP contribution in [0.2, 0.25) is 5.02 Å². The van der Waals surface area contributed by atoms with Crippen LogP contribution in [0, 0.1) is 6.92 Å². The summed E-state index contributed by atoms with van der Waals surface area (Å²) < 4.78 is 0. The molecule has 0 aliphatic heterocycles. The molecule has 1 aromatic carbocycles. The van der Waals surface area contributed by atoms with Crippen LogP contribution >= 0.6 is 11.6 Å². The molecule has 0 heterocycles. The zero-order valence-electron chi connectivity index (χ0n) is 9.59. The maximum absolute atomic E-state index is 8.64. The average molecular weight is 243 g/mol. The average Bonchev–Trinajstić information content (AvgIpc) is 2.25. The molecule has 0 spiro atoms. The molecule has 16 heavy (non-hydrogen) atoms. The lowest BCUT2D eigenvalue weighted by Crippen LogP contribution is -2.04. The SMILES string of the molecule is Cc1cc(N)c(Cl)cc1NCCCCCO. The Hall–Kier alpha value is -0.930. The fourth-order valence-electron chi connectivity index (χ4n) is 1.53. The number of nitrogen functional groups attached to an aromatic ring is 1. The molecule has 0 amide bonds. The summed E-state index contributed by atoms with van der Waals surface area (Å²) in [7, 11) is 0. The van der Waals surface area contributed by atoms with Gasteiger partial charge in [0.25, 0.3) is 0 Å². The van der Waals surface area contributed by atoms with Gasteiger partial charge in [-0.15, -0.1) is 0 Å². The maximum atomic E-state index is 8.64. The molecule has 0 radical (unpaired) electrons. The third kappa shape index (κ3) is 3.91. The van der Waals surface area contributed by atoms with E-state index < -0.39 is 0 Å². The van der Waals surface area contributed by atoms with Crippen molar-refractivity contribution in [3.05, 3.63) is 22.7 Å². The molecule has 0 aliphatic rings. The molecule has 1 aromatic rings. The van der Waals surface area contributed by atoms with Crippen molar-refractivity contribution >= 4 is 23.0 Å². The molecule has 1 rings (SSSR count). The fraction of sp³-hybridized carbons (Fsp3) is 0.500. The Morgan fingerprint density at radius 2 is 2.06 bits per heavy atom. The second-order valence-corrected chi connectivity index (χ2v) is 4.31. The third-order valence-corrected chi connectivity index (χ3v) is 2.82. The minimum Gasteiger partial charge on any atom is -0.398 e. The fourth-order valence-corrected chi connectivity index (χ4v) is 1.69. The van der Waals surface area contributed by atoms with Crippen LogP contribution in [-0.2, 0) is 0 Å². The van der Waals surface area contributed by atoms with E-state index in [2.05, 4.69) is 5.32 Å². The molecule has 0 bridgehead atoms. The first kappa shape index (κ1) is 13.1. The number of anilines is 2. The van der Waals surface area contributed by atoms with Crippen LogP contribution in [0.15, 0.2) is 12.1 Å². The zero-order valence-corrected chi connectivity index (χ0v) is 10.3. The third-order valence-electron chi connectivity index (χ3n) is 2.49. The Balaban J connectivity index is 2.45. The van der Waals surface area contributed by atoms with Gasteiger partial charge in [0.15, 0.2) is 0 Å². The van der Waals surface area contributed by atoms with E-state index in [0.29, 0.717) is 10.7 Å². The highest BCUT2D eigenvalue weighted by molar-refractivity contribution is 6.33. The summed E-state index contributed by atoms with van der Waals surface area (Å²) in [6.45, 7) is 3.16. The molecule has 0 aliphatic carbocycles. The van der Waals surface area contributed by atoms with E-state index in [4.69, 9.17) is 22.4 Å². The van der Waals surface area contributed by atoms with Gasteiger partial charge in [-0.25, -0.2) is 0 Å². The van der Waals surface area contributed by atoms with Crippen LogP contribution in [0.25, 0.3) is 0 Å². The molecular formula is C12H19ClN2O. The summed E-state index contributed by atoms with van der Waals surface area (Å²) in [5.41, 5.74) is 8.44. The molecular weight excluding hydrogens is 224 g/mol. The van der Waals surface area contributed by atoms with E-state index in [-0.39, 0.29) is 6.61 Å². The van der Waals surface area contributed by atoms with Gasteiger partial charge in [-0.3, -0.25) is 0 Å². The van der Waals surface area contributed by atoms with Crippen molar-refractivity contribution < 1.29 is 5.11 Å². The van der Waals surface area contributed by atoms with Gasteiger partial charge in [0, 0.05) is 18.8 Å². The summed E-state index contributed by atoms with van der Waals surface area (Å²) in [6, 6.07) is 3.73. The number of aliphatic hydroxyl groups excluding tert-OH is 1. The van der Waals surface area contributed by atoms with Crippen molar-refractivity contribution in [3.63, 3.8) is 0 Å². The standard InChI is InChI=1S/C12H19ClN2O/c1-9-7-11(14)10(13)8-12(9)15-5-3-2-4-6-16/h7-8,15-16H,2-6,14H2,1H3. The predicted molar refractivity (Wildman–Crippen MR) is 70.0 cm³/mol. The normalized spacial score (nSPS) is 10.4. The minimum absolute atomic E-state index is 0.271. The number of aliphatic hydroxyl groups is 1. The number of aryl methyl sites for hydroxylation is 1. The van der Waals surface area contributed by atoms with Crippen LogP contribution in [0.4, 0.5) is 11.4 Å². The molecule has 4 N–H and O–H groups in total. The zero-order chi connectivity index (χ0) is 12.0. The van der Waals surface area contributed by atoms with Crippen molar-refractivity contribution in [1.29, 1.82) is 0 Å². The molecule has 3 nitrogen and oxygen atoms in total. The van der Waals surface area contributed by atoms with Crippen molar-refractivity contribution in [3.8, 4) is 0 Å². The number of rotatable bonds is 6. The van der Waals surface area contributed by atoms with Gasteiger partial charge < -0.3 is 16.2 Å². The summed E-state index contributed by atoms with van der Waals surface area (Å²) in [6.07, 6.45) is 2.94. The Morgan fingerprint density at radius 1 is 1.31 bits per heavy atom. The monoisotopic (exact) mass is 242 g/mol. The van der Waals surface area contributed by atoms with Gasteiger partial charge in [0.1, 0.15) is 0 Å². The topological polar surface area (TPSA) is 58.3 Å². The van der Waals surface area contributed by atoms with E-state index >= 15 is 0 Å². The summed E-state index contributed by atoms with van der Waals surface area (Å²) >= 11 is 5.95. The molecule has 0 saturated heterocycles. The highest BCUT2D eigenvalue weighted by Gasteiger charge is 2.02. The maximum Gasteiger partial charge on any atom is 0.0656 e. The Labute approximate surface area is 102 Å². The van der Waals surface area contributed by atoms with Crippen LogP contribution in [0.5, 0.6) is 0 Å². The molecule has 0 aromatic heterocycles. The molecule has 4 heteroatoms. The highest BCUT2D eigenvalue weighted by atomic mass is 35.5. The van der Waals surface area contributed by atoms with Crippen LogP contribution < -0.4 is 11.1 Å². The number of nitrogens with one attached hydrogen (secondary N) is 1. The van der Waals surface area contributed by atoms with E-state index in [0.717, 1.165) is 37.1 Å². The quantitative estimate of drug-likeness (QED) is 0.531. The number of unbranched alkanes of at least 4 members (excludes halogenated alkanes) is 2. The smallest absolute Gasteiger partial charge is 0.0656 e. The van der Waals surface area contributed by atoms with Gasteiger partial charge in [-0.1, -0.05) is 11.6 Å². The molecule has 0 saturated carbocycles. The Morgan fingerprint density at radius 3 is 2.75 bits per heavy atom. The van der Waals surface area contributed by atoms with Crippen molar-refractivity contribution in [2.45, 2.75) is 26.2 Å². The first-order valence-electron chi connectivity index (χ1n) is 5.55. The van der Waals surface area contributed by atoms with E-state index in [1.54, 1.807) is 0 Å². The van der Waals surface area contributed by atoms with Gasteiger partial charge in [-0.05, 0) is 43.9 Å². The largest absolute Gasteiger partial charge is 0.398 e. The predicted octanol–water partition coefficient (Wildman–Crippen LogP) is 2.81. The second-order valence-electron chi connectivity index (χ2n) is 3.90. The number of hydrogen-bond donors (Lipinski definition) is 3. The number of halogens is 1. The second kappa shape index (κ2) is 6.61.